The third kappa shape index (κ3) is 21.4. The second kappa shape index (κ2) is 26.4. The molecule has 0 aliphatic heterocycles. The highest BCUT2D eigenvalue weighted by atomic mass is 16.3. The fourth-order valence-corrected chi connectivity index (χ4v) is 4.34. The van der Waals surface area contributed by atoms with Gasteiger partial charge in [-0.3, -0.25) is 4.79 Å². The molecule has 0 aromatic heterocycles. The Hall–Kier alpha value is -1.21. The predicted octanol–water partition coefficient (Wildman–Crippen LogP) is 6.11. The number of aliphatic hydroxyl groups is 4. The monoisotopic (exact) mass is 525 g/mol. The van der Waals surface area contributed by atoms with E-state index >= 15 is 0 Å². The van der Waals surface area contributed by atoms with Crippen molar-refractivity contribution in [2.75, 3.05) is 6.61 Å². The van der Waals surface area contributed by atoms with Crippen LogP contribution in [0.4, 0.5) is 0 Å². The molecule has 0 radical (unpaired) electrons. The minimum absolute atomic E-state index is 0.348. The van der Waals surface area contributed by atoms with Crippen LogP contribution in [0.1, 0.15) is 136 Å². The second-order valence-electron chi connectivity index (χ2n) is 10.4. The van der Waals surface area contributed by atoms with Crippen LogP contribution in [-0.4, -0.2) is 57.3 Å². The molecule has 37 heavy (non-hydrogen) atoms. The van der Waals surface area contributed by atoms with Gasteiger partial charge in [0.15, 0.2) is 0 Å². The van der Waals surface area contributed by atoms with Gasteiger partial charge in [-0.1, -0.05) is 102 Å². The third-order valence-electron chi connectivity index (χ3n) is 6.87. The van der Waals surface area contributed by atoms with E-state index in [-0.39, 0.29) is 0 Å². The van der Waals surface area contributed by atoms with Gasteiger partial charge in [-0.05, 0) is 57.8 Å². The van der Waals surface area contributed by atoms with Gasteiger partial charge in [-0.15, -0.1) is 0 Å². The summed E-state index contributed by atoms with van der Waals surface area (Å²) < 4.78 is 0. The third-order valence-corrected chi connectivity index (χ3v) is 6.87. The van der Waals surface area contributed by atoms with Gasteiger partial charge in [0, 0.05) is 0 Å². The minimum Gasteiger partial charge on any atom is -0.394 e. The van der Waals surface area contributed by atoms with E-state index in [1.807, 2.05) is 0 Å². The summed E-state index contributed by atoms with van der Waals surface area (Å²) in [5, 5.41) is 42.8. The van der Waals surface area contributed by atoms with E-state index in [1.54, 1.807) is 0 Å². The molecule has 0 saturated carbocycles. The molecule has 0 aliphatic rings. The topological polar surface area (TPSA) is 110 Å². The van der Waals surface area contributed by atoms with E-state index < -0.39 is 36.9 Å². The highest BCUT2D eigenvalue weighted by Crippen LogP contribution is 2.12. The van der Waals surface area contributed by atoms with Crippen molar-refractivity contribution >= 4 is 5.91 Å². The van der Waals surface area contributed by atoms with E-state index in [0.29, 0.717) is 19.3 Å². The van der Waals surface area contributed by atoms with Gasteiger partial charge in [0.25, 0.3) is 0 Å². The van der Waals surface area contributed by atoms with Crippen LogP contribution >= 0.6 is 0 Å². The number of allylic oxidation sites excluding steroid dienone is 4. The van der Waals surface area contributed by atoms with Gasteiger partial charge >= 0.3 is 0 Å². The maximum atomic E-state index is 12.3. The molecule has 0 aliphatic carbocycles. The van der Waals surface area contributed by atoms with Crippen LogP contribution in [0.2, 0.25) is 0 Å². The fourth-order valence-electron chi connectivity index (χ4n) is 4.34. The van der Waals surface area contributed by atoms with Gasteiger partial charge in [0.05, 0.1) is 18.8 Å². The van der Waals surface area contributed by atoms with Crippen molar-refractivity contribution in [2.24, 2.45) is 0 Å². The standard InChI is InChI=1S/C31H59NO5/c1-3-5-7-9-11-12-13-14-15-16-17-18-19-21-23-25-29(35)31(37)32-27(26-33)30(36)28(34)24-22-20-10-8-6-4-2/h8,10,15-16,27-30,33-36H,3-7,9,11-14,17-26H2,1-2H3,(H,32,37)/b10-8+,16-15-. The molecule has 0 aromatic rings. The van der Waals surface area contributed by atoms with Gasteiger partial charge in [0.1, 0.15) is 12.2 Å². The first kappa shape index (κ1) is 35.8. The van der Waals surface area contributed by atoms with Gasteiger partial charge in [-0.2, -0.15) is 0 Å². The van der Waals surface area contributed by atoms with E-state index in [4.69, 9.17) is 0 Å². The largest absolute Gasteiger partial charge is 0.394 e. The number of carbonyl (C=O) groups excluding carboxylic acids is 1. The van der Waals surface area contributed by atoms with E-state index in [9.17, 15) is 25.2 Å². The van der Waals surface area contributed by atoms with Gasteiger partial charge in [-0.25, -0.2) is 0 Å². The molecule has 4 atom stereocenters. The summed E-state index contributed by atoms with van der Waals surface area (Å²) in [6.07, 6.45) is 25.1. The van der Waals surface area contributed by atoms with Crippen LogP contribution in [0, 0.1) is 0 Å². The van der Waals surface area contributed by atoms with Crippen LogP contribution in [0.5, 0.6) is 0 Å². The smallest absolute Gasteiger partial charge is 0.249 e. The van der Waals surface area contributed by atoms with Crippen molar-refractivity contribution in [3.05, 3.63) is 24.3 Å². The maximum absolute atomic E-state index is 12.3. The highest BCUT2D eigenvalue weighted by molar-refractivity contribution is 5.80. The van der Waals surface area contributed by atoms with Crippen molar-refractivity contribution in [2.45, 2.75) is 160 Å². The lowest BCUT2D eigenvalue weighted by atomic mass is 10.00. The van der Waals surface area contributed by atoms with Crippen LogP contribution in [0.15, 0.2) is 24.3 Å². The predicted molar refractivity (Wildman–Crippen MR) is 154 cm³/mol. The minimum atomic E-state index is -1.28. The molecule has 6 nitrogen and oxygen atoms in total. The number of nitrogens with one attached hydrogen (secondary N) is 1. The zero-order valence-corrected chi connectivity index (χ0v) is 24.0. The fraction of sp³-hybridized carbons (Fsp3) is 0.839. The molecule has 0 spiro atoms. The Balaban J connectivity index is 3.89. The lowest BCUT2D eigenvalue weighted by molar-refractivity contribution is -0.132. The van der Waals surface area contributed by atoms with Crippen molar-refractivity contribution in [3.8, 4) is 0 Å². The Kier molecular flexibility index (Phi) is 25.5. The first-order valence-corrected chi connectivity index (χ1v) is 15.2. The molecular formula is C31H59NO5. The number of hydrogen-bond donors (Lipinski definition) is 5. The average Bonchev–Trinajstić information content (AvgIpc) is 2.90. The molecule has 0 bridgehead atoms. The Bertz CT molecular complexity index is 566. The molecule has 6 heteroatoms. The zero-order valence-electron chi connectivity index (χ0n) is 24.0. The van der Waals surface area contributed by atoms with Crippen molar-refractivity contribution in [1.82, 2.24) is 5.32 Å². The zero-order chi connectivity index (χ0) is 27.6. The quantitative estimate of drug-likeness (QED) is 0.0691. The first-order valence-electron chi connectivity index (χ1n) is 15.2. The van der Waals surface area contributed by atoms with Crippen LogP contribution < -0.4 is 5.32 Å². The molecule has 0 heterocycles. The summed E-state index contributed by atoms with van der Waals surface area (Å²) in [7, 11) is 0. The Morgan fingerprint density at radius 1 is 0.649 bits per heavy atom. The lowest BCUT2D eigenvalue weighted by Crippen LogP contribution is -2.53. The Labute approximate surface area is 227 Å². The molecule has 4 unspecified atom stereocenters. The van der Waals surface area contributed by atoms with Crippen molar-refractivity contribution in [1.29, 1.82) is 0 Å². The van der Waals surface area contributed by atoms with Gasteiger partial charge < -0.3 is 25.7 Å². The number of amides is 1. The van der Waals surface area contributed by atoms with E-state index in [1.165, 1.54) is 51.4 Å². The first-order chi connectivity index (χ1) is 18.0. The summed E-state index contributed by atoms with van der Waals surface area (Å²) in [6.45, 7) is 3.86. The number of unbranched alkanes of at least 4 members (excludes halogenated alkanes) is 13. The number of carbonyl (C=O) groups is 1. The summed E-state index contributed by atoms with van der Waals surface area (Å²) in [6, 6.07) is -0.999. The normalized spacial score (nSPS) is 15.3. The average molecular weight is 526 g/mol. The van der Waals surface area contributed by atoms with Crippen LogP contribution in [0.25, 0.3) is 0 Å². The van der Waals surface area contributed by atoms with Gasteiger partial charge in [0.2, 0.25) is 5.91 Å². The number of aliphatic hydroxyl groups excluding tert-OH is 4. The maximum Gasteiger partial charge on any atom is 0.249 e. The summed E-state index contributed by atoms with van der Waals surface area (Å²) >= 11 is 0. The van der Waals surface area contributed by atoms with Crippen LogP contribution in [0.3, 0.4) is 0 Å². The summed E-state index contributed by atoms with van der Waals surface area (Å²) in [5.41, 5.74) is 0. The number of hydrogen-bond acceptors (Lipinski definition) is 5. The number of rotatable bonds is 26. The lowest BCUT2D eigenvalue weighted by Gasteiger charge is -2.27. The van der Waals surface area contributed by atoms with Crippen molar-refractivity contribution in [3.63, 3.8) is 0 Å². The van der Waals surface area contributed by atoms with E-state index in [2.05, 4.69) is 43.5 Å². The molecule has 5 N–H and O–H groups in total. The molecule has 218 valence electrons. The second-order valence-corrected chi connectivity index (χ2v) is 10.4. The van der Waals surface area contributed by atoms with Crippen molar-refractivity contribution < 1.29 is 25.2 Å². The molecular weight excluding hydrogens is 466 g/mol. The molecule has 0 fully saturated rings. The molecule has 0 aromatic carbocycles. The summed E-state index contributed by atoms with van der Waals surface area (Å²) in [5.74, 6) is -0.610. The Morgan fingerprint density at radius 3 is 1.73 bits per heavy atom. The molecule has 1 amide bonds. The van der Waals surface area contributed by atoms with Crippen LogP contribution in [-0.2, 0) is 4.79 Å². The SMILES string of the molecule is CCC/C=C/CCCC(O)C(O)C(CO)NC(=O)C(O)CCCCCC/C=C\CCCCCCCCC. The van der Waals surface area contributed by atoms with E-state index in [0.717, 1.165) is 51.4 Å². The highest BCUT2D eigenvalue weighted by Gasteiger charge is 2.28. The summed E-state index contributed by atoms with van der Waals surface area (Å²) in [4.78, 5) is 12.3. The Morgan fingerprint density at radius 2 is 1.16 bits per heavy atom. The molecule has 0 saturated heterocycles. The molecule has 0 rings (SSSR count).